The summed E-state index contributed by atoms with van der Waals surface area (Å²) in [5.41, 5.74) is 0.923. The first-order valence-corrected chi connectivity index (χ1v) is 11.9. The van der Waals surface area contributed by atoms with Crippen molar-refractivity contribution in [2.75, 3.05) is 11.6 Å². The van der Waals surface area contributed by atoms with Gasteiger partial charge in [-0.1, -0.05) is 80.6 Å². The molecule has 0 spiro atoms. The number of amides is 1. The number of thioether (sulfide) groups is 1. The van der Waals surface area contributed by atoms with E-state index >= 15 is 0 Å². The van der Waals surface area contributed by atoms with Crippen LogP contribution in [0.25, 0.3) is 11.4 Å². The van der Waals surface area contributed by atoms with Crippen LogP contribution in [0.3, 0.4) is 0 Å². The smallest absolute Gasteiger partial charge is 0.233 e. The summed E-state index contributed by atoms with van der Waals surface area (Å²) in [6, 6.07) is 10.6. The van der Waals surface area contributed by atoms with Gasteiger partial charge in [-0.2, -0.15) is 0 Å². The van der Waals surface area contributed by atoms with Crippen LogP contribution in [-0.2, 0) is 4.79 Å². The van der Waals surface area contributed by atoms with Gasteiger partial charge in [0.25, 0.3) is 0 Å². The van der Waals surface area contributed by atoms with Crippen molar-refractivity contribution in [2.45, 2.75) is 81.4 Å². The Hall–Kier alpha value is -2.02. The number of benzene rings is 1. The highest BCUT2D eigenvalue weighted by Crippen LogP contribution is 2.31. The third kappa shape index (κ3) is 4.77. The number of carbonyl (C=O) groups is 1. The fourth-order valence-corrected chi connectivity index (χ4v) is 5.51. The van der Waals surface area contributed by atoms with Crippen LogP contribution in [0.1, 0.15) is 64.2 Å². The molecule has 1 aromatic heterocycles. The summed E-state index contributed by atoms with van der Waals surface area (Å²) >= 11 is 1.40. The third-order valence-corrected chi connectivity index (χ3v) is 7.17. The average Bonchev–Trinajstić information content (AvgIpc) is 3.15. The van der Waals surface area contributed by atoms with Gasteiger partial charge in [-0.05, 0) is 25.7 Å². The molecular weight excluding hydrogens is 382 g/mol. The second-order valence-corrected chi connectivity index (χ2v) is 9.16. The highest BCUT2D eigenvalue weighted by molar-refractivity contribution is 7.99. The lowest BCUT2D eigenvalue weighted by atomic mass is 9.88. The number of hydrogen-bond acceptors (Lipinski definition) is 5. The minimum absolute atomic E-state index is 0.234. The lowest BCUT2D eigenvalue weighted by Gasteiger charge is -2.41. The van der Waals surface area contributed by atoms with E-state index in [9.17, 15) is 4.79 Å². The first-order valence-electron chi connectivity index (χ1n) is 10.9. The Morgan fingerprint density at radius 2 is 1.55 bits per heavy atom. The van der Waals surface area contributed by atoms with Gasteiger partial charge in [0, 0.05) is 17.6 Å². The van der Waals surface area contributed by atoms with Crippen LogP contribution < -0.4 is 5.84 Å². The molecule has 6 nitrogen and oxygen atoms in total. The van der Waals surface area contributed by atoms with Crippen molar-refractivity contribution in [3.05, 3.63) is 30.3 Å². The normalized spacial score (nSPS) is 18.6. The highest BCUT2D eigenvalue weighted by atomic mass is 32.2. The van der Waals surface area contributed by atoms with Gasteiger partial charge in [0.2, 0.25) is 11.1 Å². The lowest BCUT2D eigenvalue weighted by molar-refractivity contribution is -0.135. The molecule has 1 aromatic carbocycles. The van der Waals surface area contributed by atoms with Gasteiger partial charge in [-0.3, -0.25) is 4.79 Å². The van der Waals surface area contributed by atoms with E-state index in [1.807, 2.05) is 30.3 Å². The molecule has 0 bridgehead atoms. The second kappa shape index (κ2) is 9.65. The number of carbonyl (C=O) groups excluding carboxylic acids is 1. The molecule has 4 rings (SSSR count). The van der Waals surface area contributed by atoms with Crippen molar-refractivity contribution >= 4 is 17.7 Å². The van der Waals surface area contributed by atoms with E-state index in [0.717, 1.165) is 31.2 Å². The predicted molar refractivity (Wildman–Crippen MR) is 117 cm³/mol. The molecule has 1 amide bonds. The van der Waals surface area contributed by atoms with Gasteiger partial charge in [0.05, 0.1) is 5.75 Å². The maximum atomic E-state index is 13.3. The fourth-order valence-electron chi connectivity index (χ4n) is 4.78. The molecule has 2 N–H and O–H groups in total. The van der Waals surface area contributed by atoms with Gasteiger partial charge in [-0.15, -0.1) is 10.2 Å². The Morgan fingerprint density at radius 3 is 2.14 bits per heavy atom. The number of nitrogens with two attached hydrogens (primary N) is 1. The summed E-state index contributed by atoms with van der Waals surface area (Å²) in [4.78, 5) is 15.6. The monoisotopic (exact) mass is 413 g/mol. The molecule has 7 heteroatoms. The van der Waals surface area contributed by atoms with E-state index in [4.69, 9.17) is 5.84 Å². The zero-order valence-corrected chi connectivity index (χ0v) is 17.8. The van der Waals surface area contributed by atoms with Crippen molar-refractivity contribution < 1.29 is 4.79 Å². The molecule has 29 heavy (non-hydrogen) atoms. The predicted octanol–water partition coefficient (Wildman–Crippen LogP) is 4.25. The number of hydrogen-bond donors (Lipinski definition) is 1. The van der Waals surface area contributed by atoms with Crippen LogP contribution in [0.4, 0.5) is 0 Å². The van der Waals surface area contributed by atoms with Crippen molar-refractivity contribution in [3.63, 3.8) is 0 Å². The van der Waals surface area contributed by atoms with E-state index in [-0.39, 0.29) is 5.91 Å². The number of rotatable bonds is 6. The van der Waals surface area contributed by atoms with Crippen molar-refractivity contribution in [1.82, 2.24) is 19.8 Å². The van der Waals surface area contributed by atoms with E-state index in [0.29, 0.717) is 28.8 Å². The Kier molecular flexibility index (Phi) is 6.74. The molecule has 1 heterocycles. The van der Waals surface area contributed by atoms with Gasteiger partial charge >= 0.3 is 0 Å². The van der Waals surface area contributed by atoms with Gasteiger partial charge in [0.15, 0.2) is 5.82 Å². The summed E-state index contributed by atoms with van der Waals surface area (Å²) in [7, 11) is 0. The summed E-state index contributed by atoms with van der Waals surface area (Å²) in [6.45, 7) is 0. The molecule has 0 aliphatic heterocycles. The van der Waals surface area contributed by atoms with Crippen LogP contribution in [0.2, 0.25) is 0 Å². The molecule has 2 aromatic rings. The van der Waals surface area contributed by atoms with Gasteiger partial charge in [0.1, 0.15) is 0 Å². The summed E-state index contributed by atoms with van der Waals surface area (Å²) in [5.74, 6) is 7.46. The third-order valence-electron chi connectivity index (χ3n) is 6.25. The van der Waals surface area contributed by atoms with Crippen LogP contribution in [0.5, 0.6) is 0 Å². The minimum Gasteiger partial charge on any atom is -0.336 e. The van der Waals surface area contributed by atoms with Crippen LogP contribution in [-0.4, -0.2) is 43.5 Å². The standard InChI is InChI=1S/C22H31N5OS/c23-27-21(17-10-4-1-5-11-17)24-25-22(27)29-16-20(28)26(18-12-6-2-7-13-18)19-14-8-3-9-15-19/h1,4-5,10-11,18-19H,2-3,6-9,12-16,23H2. The van der Waals surface area contributed by atoms with E-state index in [1.165, 1.54) is 55.0 Å². The van der Waals surface area contributed by atoms with Crippen molar-refractivity contribution in [3.8, 4) is 11.4 Å². The highest BCUT2D eigenvalue weighted by Gasteiger charge is 2.32. The topological polar surface area (TPSA) is 77.0 Å². The molecule has 0 unspecified atom stereocenters. The molecule has 0 saturated heterocycles. The molecule has 156 valence electrons. The van der Waals surface area contributed by atoms with Crippen LogP contribution >= 0.6 is 11.8 Å². The number of nitrogen functional groups attached to an aromatic ring is 1. The maximum Gasteiger partial charge on any atom is 0.233 e. The number of aromatic nitrogens is 3. The molecular formula is C22H31N5OS. The average molecular weight is 414 g/mol. The summed E-state index contributed by atoms with van der Waals surface area (Å²) in [6.07, 6.45) is 12.2. The maximum absolute atomic E-state index is 13.3. The van der Waals surface area contributed by atoms with E-state index < -0.39 is 0 Å². The zero-order valence-electron chi connectivity index (χ0n) is 17.0. The van der Waals surface area contributed by atoms with Crippen LogP contribution in [0, 0.1) is 0 Å². The van der Waals surface area contributed by atoms with E-state index in [1.54, 1.807) is 0 Å². The fraction of sp³-hybridized carbons (Fsp3) is 0.591. The first-order chi connectivity index (χ1) is 14.2. The Bertz CT molecular complexity index is 779. The quantitative estimate of drug-likeness (QED) is 0.566. The minimum atomic E-state index is 0.234. The summed E-state index contributed by atoms with van der Waals surface area (Å²) in [5, 5.41) is 9.05. The zero-order chi connectivity index (χ0) is 20.1. The molecule has 2 fully saturated rings. The molecule has 2 aliphatic carbocycles. The molecule has 0 atom stereocenters. The Morgan fingerprint density at radius 1 is 0.966 bits per heavy atom. The second-order valence-electron chi connectivity index (χ2n) is 8.22. The van der Waals surface area contributed by atoms with E-state index in [2.05, 4.69) is 15.1 Å². The lowest BCUT2D eigenvalue weighted by Crippen LogP contribution is -2.49. The summed E-state index contributed by atoms with van der Waals surface area (Å²) < 4.78 is 1.50. The SMILES string of the molecule is Nn1c(SCC(=O)N(C2CCCCC2)C2CCCCC2)nnc1-c1ccccc1. The first kappa shape index (κ1) is 20.3. The van der Waals surface area contributed by atoms with Gasteiger partial charge < -0.3 is 10.7 Å². The Labute approximate surface area is 177 Å². The van der Waals surface area contributed by atoms with Gasteiger partial charge in [-0.25, -0.2) is 4.68 Å². The van der Waals surface area contributed by atoms with Crippen molar-refractivity contribution in [2.24, 2.45) is 0 Å². The molecule has 2 aliphatic rings. The largest absolute Gasteiger partial charge is 0.336 e. The molecule has 2 saturated carbocycles. The van der Waals surface area contributed by atoms with Crippen molar-refractivity contribution in [1.29, 1.82) is 0 Å². The number of nitrogens with zero attached hydrogens (tertiary/aromatic N) is 4. The Balaban J connectivity index is 1.44. The molecule has 0 radical (unpaired) electrons. The van der Waals surface area contributed by atoms with Crippen LogP contribution in [0.15, 0.2) is 35.5 Å².